The van der Waals surface area contributed by atoms with E-state index >= 15 is 0 Å². The summed E-state index contributed by atoms with van der Waals surface area (Å²) < 4.78 is 4.94. The van der Waals surface area contributed by atoms with Crippen molar-refractivity contribution >= 4 is 29.4 Å². The number of carbonyl (C=O) groups excluding carboxylic acids is 4. The number of hydrogen-bond acceptors (Lipinski definition) is 6. The van der Waals surface area contributed by atoms with Gasteiger partial charge >= 0.3 is 0 Å². The smallest absolute Gasteiger partial charge is 0.261 e. The molecular formula is C22H24N4O5. The Kier molecular flexibility index (Phi) is 5.83. The molecule has 31 heavy (non-hydrogen) atoms. The van der Waals surface area contributed by atoms with Crippen LogP contribution in [0, 0.1) is 12.8 Å². The summed E-state index contributed by atoms with van der Waals surface area (Å²) >= 11 is 0. The van der Waals surface area contributed by atoms with Crippen molar-refractivity contribution in [1.82, 2.24) is 15.0 Å². The Morgan fingerprint density at radius 3 is 2.35 bits per heavy atom. The number of likely N-dealkylation sites (tertiary alicyclic amines) is 1. The highest BCUT2D eigenvalue weighted by Crippen LogP contribution is 2.23. The van der Waals surface area contributed by atoms with Gasteiger partial charge in [-0.25, -0.2) is 0 Å². The summed E-state index contributed by atoms with van der Waals surface area (Å²) in [6, 6.07) is 8.40. The number of nitrogens with zero attached hydrogens (tertiary/aromatic N) is 3. The number of hydrogen-bond donors (Lipinski definition) is 1. The highest BCUT2D eigenvalue weighted by molar-refractivity contribution is 6.21. The molecule has 1 N–H and O–H groups in total. The molecule has 3 heterocycles. The van der Waals surface area contributed by atoms with Crippen molar-refractivity contribution in [3.05, 3.63) is 47.2 Å². The molecule has 1 fully saturated rings. The number of piperidine rings is 1. The lowest BCUT2D eigenvalue weighted by Gasteiger charge is -2.31. The minimum Gasteiger partial charge on any atom is -0.360 e. The van der Waals surface area contributed by atoms with E-state index in [1.807, 2.05) is 0 Å². The lowest BCUT2D eigenvalue weighted by molar-refractivity contribution is -0.134. The number of rotatable bonds is 6. The Balaban J connectivity index is 1.21. The monoisotopic (exact) mass is 424 g/mol. The summed E-state index contributed by atoms with van der Waals surface area (Å²) in [5.74, 6) is 0.0865. The van der Waals surface area contributed by atoms with Gasteiger partial charge in [-0.1, -0.05) is 17.3 Å². The first-order chi connectivity index (χ1) is 14.9. The molecule has 0 unspecified atom stereocenters. The quantitative estimate of drug-likeness (QED) is 0.712. The summed E-state index contributed by atoms with van der Waals surface area (Å²) in [7, 11) is 0. The molecule has 2 aliphatic rings. The second-order valence-corrected chi connectivity index (χ2v) is 7.88. The average molecular weight is 424 g/mol. The van der Waals surface area contributed by atoms with Gasteiger partial charge in [-0.15, -0.1) is 0 Å². The van der Waals surface area contributed by atoms with Crippen LogP contribution < -0.4 is 5.32 Å². The fourth-order valence-electron chi connectivity index (χ4n) is 4.03. The summed E-state index contributed by atoms with van der Waals surface area (Å²) in [5, 5.41) is 6.50. The maximum absolute atomic E-state index is 12.5. The van der Waals surface area contributed by atoms with Gasteiger partial charge in [0.15, 0.2) is 5.82 Å². The molecule has 0 aliphatic carbocycles. The Hall–Kier alpha value is -3.49. The number of carbonyl (C=O) groups is 4. The molecule has 4 rings (SSSR count). The van der Waals surface area contributed by atoms with E-state index in [1.165, 1.54) is 4.90 Å². The molecule has 162 valence electrons. The van der Waals surface area contributed by atoms with Crippen LogP contribution in [0.4, 0.5) is 5.82 Å². The first-order valence-corrected chi connectivity index (χ1v) is 10.4. The molecule has 2 aliphatic heterocycles. The van der Waals surface area contributed by atoms with Crippen LogP contribution in [0.3, 0.4) is 0 Å². The van der Waals surface area contributed by atoms with Crippen LogP contribution in [0.2, 0.25) is 0 Å². The molecule has 0 radical (unpaired) electrons. The van der Waals surface area contributed by atoms with Crippen LogP contribution in [-0.4, -0.2) is 58.2 Å². The predicted octanol–water partition coefficient (Wildman–Crippen LogP) is 2.24. The first kappa shape index (κ1) is 20.8. The van der Waals surface area contributed by atoms with E-state index in [9.17, 15) is 19.2 Å². The van der Waals surface area contributed by atoms with E-state index in [1.54, 1.807) is 42.2 Å². The molecular weight excluding hydrogens is 400 g/mol. The molecule has 0 bridgehead atoms. The number of imide groups is 1. The van der Waals surface area contributed by atoms with Gasteiger partial charge in [0.05, 0.1) is 11.1 Å². The molecule has 0 saturated carbocycles. The van der Waals surface area contributed by atoms with Gasteiger partial charge in [0.2, 0.25) is 11.8 Å². The molecule has 1 aromatic carbocycles. The van der Waals surface area contributed by atoms with Crippen molar-refractivity contribution < 1.29 is 23.7 Å². The highest BCUT2D eigenvalue weighted by Gasteiger charge is 2.35. The number of aryl methyl sites for hydroxylation is 1. The second-order valence-electron chi connectivity index (χ2n) is 7.88. The van der Waals surface area contributed by atoms with Gasteiger partial charge in [0.1, 0.15) is 5.76 Å². The SMILES string of the molecule is Cc1cc(NC(=O)C2CCN(C(=O)CCCN3C(=O)c4ccccc4C3=O)CC2)no1. The van der Waals surface area contributed by atoms with Gasteiger partial charge in [-0.3, -0.25) is 24.1 Å². The standard InChI is InChI=1S/C22H24N4O5/c1-14-13-18(24-31-14)23-20(28)15-8-11-25(12-9-15)19(27)7-4-10-26-21(29)16-5-2-3-6-17(16)22(26)30/h2-3,5-6,13,15H,4,7-12H2,1H3,(H,23,24,28). The number of benzene rings is 1. The zero-order valence-corrected chi connectivity index (χ0v) is 17.3. The molecule has 0 atom stereocenters. The average Bonchev–Trinajstić information content (AvgIpc) is 3.29. The molecule has 0 spiro atoms. The fraction of sp³-hybridized carbons (Fsp3) is 0.409. The van der Waals surface area contributed by atoms with E-state index in [2.05, 4.69) is 10.5 Å². The predicted molar refractivity (Wildman–Crippen MR) is 110 cm³/mol. The van der Waals surface area contributed by atoms with Crippen LogP contribution >= 0.6 is 0 Å². The molecule has 2 aromatic rings. The lowest BCUT2D eigenvalue weighted by atomic mass is 9.95. The maximum atomic E-state index is 12.5. The van der Waals surface area contributed by atoms with Gasteiger partial charge in [-0.2, -0.15) is 0 Å². The normalized spacial score (nSPS) is 16.5. The van der Waals surface area contributed by atoms with Crippen molar-refractivity contribution in [1.29, 1.82) is 0 Å². The molecule has 4 amide bonds. The highest BCUT2D eigenvalue weighted by atomic mass is 16.5. The molecule has 1 saturated heterocycles. The molecule has 9 nitrogen and oxygen atoms in total. The Labute approximate surface area is 179 Å². The largest absolute Gasteiger partial charge is 0.360 e. The zero-order chi connectivity index (χ0) is 22.0. The van der Waals surface area contributed by atoms with E-state index < -0.39 is 0 Å². The van der Waals surface area contributed by atoms with Gasteiger partial charge in [-0.05, 0) is 38.3 Å². The summed E-state index contributed by atoms with van der Waals surface area (Å²) in [5.41, 5.74) is 0.833. The van der Waals surface area contributed by atoms with Crippen molar-refractivity contribution in [3.8, 4) is 0 Å². The van der Waals surface area contributed by atoms with Gasteiger partial charge in [0.25, 0.3) is 11.8 Å². The van der Waals surface area contributed by atoms with Crippen LogP contribution in [0.1, 0.15) is 52.2 Å². The van der Waals surface area contributed by atoms with Gasteiger partial charge < -0.3 is 14.7 Å². The summed E-state index contributed by atoms with van der Waals surface area (Å²) in [4.78, 5) is 52.6. The number of aromatic nitrogens is 1. The lowest BCUT2D eigenvalue weighted by Crippen LogP contribution is -2.41. The third-order valence-electron chi connectivity index (χ3n) is 5.75. The van der Waals surface area contributed by atoms with Crippen LogP contribution in [0.25, 0.3) is 0 Å². The Morgan fingerprint density at radius 2 is 1.77 bits per heavy atom. The van der Waals surface area contributed by atoms with E-state index in [0.29, 0.717) is 55.1 Å². The maximum Gasteiger partial charge on any atom is 0.261 e. The number of nitrogens with one attached hydrogen (secondary N) is 1. The van der Waals surface area contributed by atoms with Crippen LogP contribution in [-0.2, 0) is 9.59 Å². The van der Waals surface area contributed by atoms with Crippen molar-refractivity contribution in [2.24, 2.45) is 5.92 Å². The van der Waals surface area contributed by atoms with E-state index in [-0.39, 0.29) is 42.5 Å². The van der Waals surface area contributed by atoms with E-state index in [4.69, 9.17) is 4.52 Å². The third kappa shape index (κ3) is 4.35. The summed E-state index contributed by atoms with van der Waals surface area (Å²) in [6.45, 7) is 2.97. The van der Waals surface area contributed by atoms with Crippen LogP contribution in [0.15, 0.2) is 34.9 Å². The van der Waals surface area contributed by atoms with Crippen molar-refractivity contribution in [2.45, 2.75) is 32.6 Å². The van der Waals surface area contributed by atoms with E-state index in [0.717, 1.165) is 0 Å². The number of anilines is 1. The first-order valence-electron chi connectivity index (χ1n) is 10.4. The molecule has 9 heteroatoms. The molecule has 1 aromatic heterocycles. The fourth-order valence-corrected chi connectivity index (χ4v) is 4.03. The minimum absolute atomic E-state index is 0.0254. The van der Waals surface area contributed by atoms with Crippen LogP contribution in [0.5, 0.6) is 0 Å². The Morgan fingerprint density at radius 1 is 1.13 bits per heavy atom. The zero-order valence-electron chi connectivity index (χ0n) is 17.3. The second kappa shape index (κ2) is 8.71. The van der Waals surface area contributed by atoms with Gasteiger partial charge in [0, 0.05) is 38.0 Å². The van der Waals surface area contributed by atoms with Crippen molar-refractivity contribution in [3.63, 3.8) is 0 Å². The number of amides is 4. The minimum atomic E-state index is -0.304. The topological polar surface area (TPSA) is 113 Å². The summed E-state index contributed by atoms with van der Waals surface area (Å²) in [6.07, 6.45) is 1.82. The number of fused-ring (bicyclic) bond motifs is 1. The third-order valence-corrected chi connectivity index (χ3v) is 5.75. The Bertz CT molecular complexity index is 987. The van der Waals surface area contributed by atoms with Crippen molar-refractivity contribution in [2.75, 3.05) is 25.0 Å².